The number of nitrogens with one attached hydrogen (secondary N) is 2. The Morgan fingerprint density at radius 2 is 1.78 bits per heavy atom. The number of likely N-dealkylation sites (tertiary alicyclic amines) is 1. The summed E-state index contributed by atoms with van der Waals surface area (Å²) in [5.74, 6) is -0.165. The Labute approximate surface area is 287 Å². The van der Waals surface area contributed by atoms with Crippen LogP contribution in [0.4, 0.5) is 0 Å². The van der Waals surface area contributed by atoms with Crippen LogP contribution < -0.4 is 15.4 Å². The van der Waals surface area contributed by atoms with Gasteiger partial charge in [-0.3, -0.25) is 10.1 Å². The summed E-state index contributed by atoms with van der Waals surface area (Å²) >= 11 is 0. The van der Waals surface area contributed by atoms with E-state index in [1.54, 1.807) is 37.4 Å². The van der Waals surface area contributed by atoms with Gasteiger partial charge in [0, 0.05) is 31.2 Å². The molecule has 0 aromatic heterocycles. The Morgan fingerprint density at radius 1 is 1.02 bits per heavy atom. The molecule has 260 valence electrons. The van der Waals surface area contributed by atoms with Gasteiger partial charge in [0.15, 0.2) is 11.5 Å². The molecule has 10 nitrogen and oxygen atoms in total. The van der Waals surface area contributed by atoms with Gasteiger partial charge < -0.3 is 34.6 Å². The van der Waals surface area contributed by atoms with Crippen molar-refractivity contribution >= 4 is 11.9 Å². The fourth-order valence-corrected chi connectivity index (χ4v) is 9.26. The van der Waals surface area contributed by atoms with Crippen LogP contribution in [0.2, 0.25) is 0 Å². The molecule has 10 heteroatoms. The van der Waals surface area contributed by atoms with Crippen LogP contribution in [0.3, 0.4) is 0 Å². The summed E-state index contributed by atoms with van der Waals surface area (Å²) in [6.45, 7) is 4.93. The molecule has 2 aliphatic carbocycles. The zero-order chi connectivity index (χ0) is 34.5. The Morgan fingerprint density at radius 3 is 2.49 bits per heavy atom. The summed E-state index contributed by atoms with van der Waals surface area (Å²) in [6, 6.07) is 18.1. The van der Waals surface area contributed by atoms with E-state index in [0.717, 1.165) is 42.5 Å². The van der Waals surface area contributed by atoms with Crippen molar-refractivity contribution in [2.45, 2.75) is 93.8 Å². The number of hydrogen-bond donors (Lipinski definition) is 4. The van der Waals surface area contributed by atoms with Crippen LogP contribution in [-0.2, 0) is 43.9 Å². The number of rotatable bonds is 11. The van der Waals surface area contributed by atoms with E-state index in [1.807, 2.05) is 50.2 Å². The molecule has 7 atom stereocenters. The van der Waals surface area contributed by atoms with E-state index in [-0.39, 0.29) is 54.5 Å². The number of ether oxygens (including phenoxy) is 3. The minimum absolute atomic E-state index is 0.0868. The number of aromatic hydroxyl groups is 2. The van der Waals surface area contributed by atoms with Crippen molar-refractivity contribution in [3.05, 3.63) is 89.0 Å². The third-order valence-corrected chi connectivity index (χ3v) is 11.6. The number of hydrogen-bond acceptors (Lipinski definition) is 9. The summed E-state index contributed by atoms with van der Waals surface area (Å²) in [4.78, 5) is 30.2. The van der Waals surface area contributed by atoms with Crippen molar-refractivity contribution < 1.29 is 34.0 Å². The average molecular weight is 670 g/mol. The van der Waals surface area contributed by atoms with Crippen LogP contribution in [0.1, 0.15) is 55.4 Å². The minimum atomic E-state index is -0.950. The Bertz CT molecular complexity index is 1700. The quantitative estimate of drug-likeness (QED) is 0.224. The maximum atomic E-state index is 14.2. The highest BCUT2D eigenvalue weighted by atomic mass is 16.5. The van der Waals surface area contributed by atoms with E-state index in [2.05, 4.69) is 22.6 Å². The van der Waals surface area contributed by atoms with Gasteiger partial charge in [0.05, 0.1) is 17.1 Å². The van der Waals surface area contributed by atoms with Crippen molar-refractivity contribution in [3.8, 4) is 17.2 Å². The third kappa shape index (κ3) is 5.54. The zero-order valence-electron chi connectivity index (χ0n) is 28.6. The number of likely N-dealkylation sites (N-methyl/N-ethyl adjacent to an activating group) is 1. The van der Waals surface area contributed by atoms with Crippen LogP contribution in [-0.4, -0.2) is 83.6 Å². The zero-order valence-corrected chi connectivity index (χ0v) is 28.6. The molecule has 49 heavy (non-hydrogen) atoms. The molecule has 2 unspecified atom stereocenters. The van der Waals surface area contributed by atoms with E-state index in [0.29, 0.717) is 12.2 Å². The van der Waals surface area contributed by atoms with E-state index in [4.69, 9.17) is 14.2 Å². The molecule has 3 aromatic rings. The molecule has 1 saturated heterocycles. The lowest BCUT2D eigenvalue weighted by Crippen LogP contribution is -2.78. The molecule has 2 heterocycles. The van der Waals surface area contributed by atoms with Crippen LogP contribution in [0, 0.1) is 5.92 Å². The van der Waals surface area contributed by atoms with Crippen molar-refractivity contribution in [2.75, 3.05) is 20.7 Å². The highest BCUT2D eigenvalue weighted by Crippen LogP contribution is 2.66. The van der Waals surface area contributed by atoms with Gasteiger partial charge in [0.1, 0.15) is 24.5 Å². The predicted octanol–water partition coefficient (Wildman–Crippen LogP) is 3.99. The molecule has 1 spiro atoms. The molecule has 2 bridgehead atoms. The number of benzene rings is 3. The molecule has 7 rings (SSSR count). The maximum absolute atomic E-state index is 14.2. The summed E-state index contributed by atoms with van der Waals surface area (Å²) in [7, 11) is 3.97. The van der Waals surface area contributed by atoms with Crippen LogP contribution >= 0.6 is 0 Å². The topological polar surface area (TPSA) is 130 Å². The highest BCUT2D eigenvalue weighted by Gasteiger charge is 2.73. The number of amides is 1. The lowest BCUT2D eigenvalue weighted by atomic mass is 9.48. The van der Waals surface area contributed by atoms with E-state index < -0.39 is 29.1 Å². The first-order chi connectivity index (χ1) is 23.6. The maximum Gasteiger partial charge on any atom is 0.329 e. The normalized spacial score (nSPS) is 27.9. The Hall–Kier alpha value is -4.12. The number of phenols is 2. The van der Waals surface area contributed by atoms with E-state index in [9.17, 15) is 19.8 Å². The second-order valence-corrected chi connectivity index (χ2v) is 14.6. The van der Waals surface area contributed by atoms with Gasteiger partial charge in [-0.1, -0.05) is 62.4 Å². The van der Waals surface area contributed by atoms with E-state index >= 15 is 0 Å². The second-order valence-electron chi connectivity index (χ2n) is 14.6. The molecular formula is C39H47N3O7. The van der Waals surface area contributed by atoms with Crippen molar-refractivity contribution in [2.24, 2.45) is 5.92 Å². The fourth-order valence-electron chi connectivity index (χ4n) is 9.26. The third-order valence-electron chi connectivity index (χ3n) is 11.6. The molecule has 0 radical (unpaired) electrons. The Kier molecular flexibility index (Phi) is 8.83. The van der Waals surface area contributed by atoms with Gasteiger partial charge in [-0.2, -0.15) is 0 Å². The van der Waals surface area contributed by atoms with Gasteiger partial charge in [0.2, 0.25) is 5.91 Å². The molecule has 4 N–H and O–H groups in total. The summed E-state index contributed by atoms with van der Waals surface area (Å²) in [5.41, 5.74) is 2.89. The number of piperidine rings is 1. The molecule has 4 aliphatic rings. The summed E-state index contributed by atoms with van der Waals surface area (Å²) in [6.07, 6.45) is 2.94. The van der Waals surface area contributed by atoms with Crippen LogP contribution in [0.15, 0.2) is 66.7 Å². The first-order valence-electron chi connectivity index (χ1n) is 17.4. The number of nitrogens with zero attached hydrogens (tertiary/aromatic N) is 1. The number of methoxy groups -OCH3 is 1. The number of phenolic OH excluding ortho intramolecular Hbond substituents is 2. The number of carbonyl (C=O) groups is 2. The molecule has 2 aliphatic heterocycles. The number of carbonyl (C=O) groups excluding carboxylic acids is 2. The molecule has 2 fully saturated rings. The lowest BCUT2D eigenvalue weighted by Gasteiger charge is -2.65. The van der Waals surface area contributed by atoms with E-state index in [1.165, 1.54) is 5.56 Å². The molecule has 1 saturated carbocycles. The van der Waals surface area contributed by atoms with Gasteiger partial charge in [0.25, 0.3) is 0 Å². The molecular weight excluding hydrogens is 622 g/mol. The van der Waals surface area contributed by atoms with Crippen molar-refractivity contribution in [1.29, 1.82) is 0 Å². The van der Waals surface area contributed by atoms with Crippen molar-refractivity contribution in [1.82, 2.24) is 15.5 Å². The highest BCUT2D eigenvalue weighted by molar-refractivity contribution is 5.88. The Balaban J connectivity index is 1.15. The van der Waals surface area contributed by atoms with Gasteiger partial charge in [-0.05, 0) is 80.1 Å². The second kappa shape index (κ2) is 13.0. The van der Waals surface area contributed by atoms with Gasteiger partial charge in [-0.25, -0.2) is 4.79 Å². The average Bonchev–Trinajstić information content (AvgIpc) is 3.46. The smallest absolute Gasteiger partial charge is 0.329 e. The van der Waals surface area contributed by atoms with Crippen molar-refractivity contribution in [3.63, 3.8) is 0 Å². The molecule has 3 aromatic carbocycles. The first-order valence-corrected chi connectivity index (χ1v) is 17.4. The van der Waals surface area contributed by atoms with Crippen LogP contribution in [0.5, 0.6) is 17.2 Å². The monoisotopic (exact) mass is 669 g/mol. The van der Waals surface area contributed by atoms with Gasteiger partial charge in [-0.15, -0.1) is 0 Å². The summed E-state index contributed by atoms with van der Waals surface area (Å²) < 4.78 is 19.1. The first kappa shape index (κ1) is 33.4. The van der Waals surface area contributed by atoms with Crippen LogP contribution in [0.25, 0.3) is 0 Å². The number of esters is 1. The largest absolute Gasteiger partial charge is 0.508 e. The molecule has 1 amide bonds. The SMILES string of the molecule is CO[C@@]12CC[C@H](N[C@H](C(=O)N[C@@H](Cc3ccc(O)cc3)C(=O)OCc3ccccc3)C(C)C)[C@@H]3Oc4c(O)ccc5c4C31CCN(C)C2C5. The minimum Gasteiger partial charge on any atom is -0.508 e. The standard InChI is InChI=1S/C39H47N3O7/c1-23(2)33(36(45)41-29(20-24-10-13-27(43)14-11-24)37(46)48-22-25-8-6-5-7-9-25)40-28-16-17-39(47-4)31-21-26-12-15-30(44)34-32(26)38(39,35(28)49-34)18-19-42(31)3/h5-15,23,28-29,31,33,35,40,43-44H,16-22H2,1-4H3,(H,41,45)/t28-,29-,31?,33-,35-,38?,39+/m0/s1. The predicted molar refractivity (Wildman–Crippen MR) is 183 cm³/mol. The van der Waals surface area contributed by atoms with Gasteiger partial charge >= 0.3 is 5.97 Å². The summed E-state index contributed by atoms with van der Waals surface area (Å²) in [5, 5.41) is 27.6. The lowest BCUT2D eigenvalue weighted by molar-refractivity contribution is -0.204. The fraction of sp³-hybridized carbons (Fsp3) is 0.487.